The normalized spacial score (nSPS) is 10.8. The molecule has 0 aliphatic rings. The summed E-state index contributed by atoms with van der Waals surface area (Å²) >= 11 is 0. The molecule has 0 saturated carbocycles. The quantitative estimate of drug-likeness (QED) is 0.353. The van der Waals surface area contributed by atoms with Crippen LogP contribution in [0.25, 0.3) is 21.9 Å². The molecule has 0 aliphatic heterocycles. The van der Waals surface area contributed by atoms with E-state index in [4.69, 9.17) is 14.2 Å². The van der Waals surface area contributed by atoms with Gasteiger partial charge in [0.25, 0.3) is 0 Å². The molecule has 4 aromatic rings. The molecule has 1 radical (unpaired) electrons. The van der Waals surface area contributed by atoms with Crippen molar-refractivity contribution in [1.29, 1.82) is 0 Å². The summed E-state index contributed by atoms with van der Waals surface area (Å²) in [6.45, 7) is 3.98. The third kappa shape index (κ3) is 3.92. The van der Waals surface area contributed by atoms with E-state index < -0.39 is 11.6 Å². The van der Waals surface area contributed by atoms with Gasteiger partial charge in [0.15, 0.2) is 11.6 Å². The Morgan fingerprint density at radius 1 is 0.767 bits per heavy atom. The van der Waals surface area contributed by atoms with E-state index in [1.165, 1.54) is 6.07 Å². The maximum absolute atomic E-state index is 13.9. The van der Waals surface area contributed by atoms with Gasteiger partial charge in [-0.2, -0.15) is 0 Å². The van der Waals surface area contributed by atoms with Gasteiger partial charge in [0.05, 0.1) is 13.7 Å². The summed E-state index contributed by atoms with van der Waals surface area (Å²) < 4.78 is 44.3. The highest BCUT2D eigenvalue weighted by Gasteiger charge is 2.15. The van der Waals surface area contributed by atoms with Crippen molar-refractivity contribution >= 4 is 10.8 Å². The van der Waals surface area contributed by atoms with Crippen molar-refractivity contribution in [3.63, 3.8) is 0 Å². The van der Waals surface area contributed by atoms with Gasteiger partial charge in [0.1, 0.15) is 23.0 Å². The van der Waals surface area contributed by atoms with Crippen molar-refractivity contribution < 1.29 is 23.0 Å². The maximum Gasteiger partial charge on any atom is 0.159 e. The molecule has 0 heterocycles. The zero-order chi connectivity index (χ0) is 21.1. The molecule has 151 valence electrons. The minimum absolute atomic E-state index is 0.325. The van der Waals surface area contributed by atoms with E-state index in [0.29, 0.717) is 40.7 Å². The monoisotopic (exact) mass is 405 g/mol. The van der Waals surface area contributed by atoms with Crippen LogP contribution in [0.1, 0.15) is 0 Å². The van der Waals surface area contributed by atoms with Crippen LogP contribution in [0.5, 0.6) is 23.0 Å². The SMILES string of the molecule is [CH2]COc1ccc(Oc2c(-c3ccc(F)c(F)c3)ccc3cc(OC)ccc23)cc1. The first kappa shape index (κ1) is 19.7. The van der Waals surface area contributed by atoms with Crippen LogP contribution >= 0.6 is 0 Å². The molecule has 0 aliphatic carbocycles. The molecule has 0 fully saturated rings. The van der Waals surface area contributed by atoms with Crippen molar-refractivity contribution in [2.75, 3.05) is 13.7 Å². The van der Waals surface area contributed by atoms with E-state index in [1.807, 2.05) is 30.3 Å². The lowest BCUT2D eigenvalue weighted by atomic mass is 9.99. The second kappa shape index (κ2) is 8.41. The van der Waals surface area contributed by atoms with Crippen molar-refractivity contribution in [2.24, 2.45) is 0 Å². The lowest BCUT2D eigenvalue weighted by molar-refractivity contribution is 0.360. The van der Waals surface area contributed by atoms with E-state index in [-0.39, 0.29) is 0 Å². The fourth-order valence-electron chi connectivity index (χ4n) is 3.25. The van der Waals surface area contributed by atoms with Crippen molar-refractivity contribution in [3.05, 3.63) is 91.4 Å². The van der Waals surface area contributed by atoms with Crippen LogP contribution in [0, 0.1) is 18.6 Å². The molecule has 0 aromatic heterocycles. The van der Waals surface area contributed by atoms with Crippen LogP contribution in [0.15, 0.2) is 72.8 Å². The molecular formula is C25H19F2O3. The van der Waals surface area contributed by atoms with Crippen LogP contribution in [0.4, 0.5) is 8.78 Å². The van der Waals surface area contributed by atoms with E-state index >= 15 is 0 Å². The highest BCUT2D eigenvalue weighted by Crippen LogP contribution is 2.41. The summed E-state index contributed by atoms with van der Waals surface area (Å²) in [6.07, 6.45) is 0. The third-order valence-electron chi connectivity index (χ3n) is 4.72. The molecule has 0 N–H and O–H groups in total. The molecule has 4 rings (SSSR count). The van der Waals surface area contributed by atoms with Crippen LogP contribution in [-0.2, 0) is 0 Å². The zero-order valence-electron chi connectivity index (χ0n) is 16.3. The third-order valence-corrected chi connectivity index (χ3v) is 4.72. The molecule has 3 nitrogen and oxygen atoms in total. The van der Waals surface area contributed by atoms with Gasteiger partial charge >= 0.3 is 0 Å². The van der Waals surface area contributed by atoms with Crippen LogP contribution < -0.4 is 14.2 Å². The van der Waals surface area contributed by atoms with Crippen LogP contribution in [0.2, 0.25) is 0 Å². The molecule has 0 spiro atoms. The first-order valence-corrected chi connectivity index (χ1v) is 9.35. The first-order chi connectivity index (χ1) is 14.6. The minimum Gasteiger partial charge on any atom is -0.497 e. The number of methoxy groups -OCH3 is 1. The molecule has 0 amide bonds. The molecule has 5 heteroatoms. The van der Waals surface area contributed by atoms with Gasteiger partial charge < -0.3 is 14.2 Å². The van der Waals surface area contributed by atoms with Gasteiger partial charge in [-0.3, -0.25) is 0 Å². The summed E-state index contributed by atoms with van der Waals surface area (Å²) in [5.74, 6) is 0.700. The van der Waals surface area contributed by atoms with Gasteiger partial charge in [-0.1, -0.05) is 12.1 Å². The van der Waals surface area contributed by atoms with E-state index in [2.05, 4.69) is 6.92 Å². The Hall–Kier alpha value is -3.60. The van der Waals surface area contributed by atoms with Gasteiger partial charge in [-0.05, 0) is 78.5 Å². The number of hydrogen-bond acceptors (Lipinski definition) is 3. The Labute approximate surface area is 173 Å². The van der Waals surface area contributed by atoms with E-state index in [9.17, 15) is 8.78 Å². The second-order valence-corrected chi connectivity index (χ2v) is 6.58. The van der Waals surface area contributed by atoms with Crippen LogP contribution in [0.3, 0.4) is 0 Å². The topological polar surface area (TPSA) is 27.7 Å². The summed E-state index contributed by atoms with van der Waals surface area (Å²) in [4.78, 5) is 0. The summed E-state index contributed by atoms with van der Waals surface area (Å²) in [5.41, 5.74) is 1.16. The lowest BCUT2D eigenvalue weighted by Gasteiger charge is -2.16. The maximum atomic E-state index is 13.9. The molecule has 0 saturated heterocycles. The highest BCUT2D eigenvalue weighted by atomic mass is 19.2. The Morgan fingerprint density at radius 3 is 2.20 bits per heavy atom. The molecule has 0 atom stereocenters. The Balaban J connectivity index is 1.85. The fraction of sp³-hybridized carbons (Fsp3) is 0.0800. The first-order valence-electron chi connectivity index (χ1n) is 9.35. The Kier molecular flexibility index (Phi) is 5.53. The molecule has 0 unspecified atom stereocenters. The van der Waals surface area contributed by atoms with Gasteiger partial charge in [-0.25, -0.2) is 8.78 Å². The molecule has 0 bridgehead atoms. The summed E-state index contributed by atoms with van der Waals surface area (Å²) in [6, 6.07) is 20.3. The number of benzene rings is 4. The highest BCUT2D eigenvalue weighted by molar-refractivity contribution is 5.96. The zero-order valence-corrected chi connectivity index (χ0v) is 16.3. The average Bonchev–Trinajstić information content (AvgIpc) is 2.77. The predicted octanol–water partition coefficient (Wildman–Crippen LogP) is 6.80. The average molecular weight is 405 g/mol. The lowest BCUT2D eigenvalue weighted by Crippen LogP contribution is -1.94. The predicted molar refractivity (Wildman–Crippen MR) is 113 cm³/mol. The number of rotatable bonds is 6. The molecular weight excluding hydrogens is 386 g/mol. The minimum atomic E-state index is -0.914. The number of fused-ring (bicyclic) bond motifs is 1. The summed E-state index contributed by atoms with van der Waals surface area (Å²) in [5, 5.41) is 1.71. The smallest absolute Gasteiger partial charge is 0.159 e. The number of ether oxygens (including phenoxy) is 3. The fourth-order valence-corrected chi connectivity index (χ4v) is 3.25. The number of hydrogen-bond donors (Lipinski definition) is 0. The van der Waals surface area contributed by atoms with E-state index in [1.54, 1.807) is 31.4 Å². The molecule has 30 heavy (non-hydrogen) atoms. The van der Waals surface area contributed by atoms with E-state index in [0.717, 1.165) is 22.9 Å². The second-order valence-electron chi connectivity index (χ2n) is 6.58. The Morgan fingerprint density at radius 2 is 1.50 bits per heavy atom. The standard InChI is InChI=1S/C25H19F2O3/c1-3-29-18-6-8-19(9-7-18)30-25-21(17-5-13-23(26)24(27)15-17)11-4-16-14-20(28-2)10-12-22(16)25/h4-15H,1,3H2,2H3. The van der Waals surface area contributed by atoms with Crippen molar-refractivity contribution in [2.45, 2.75) is 0 Å². The molecule has 4 aromatic carbocycles. The van der Waals surface area contributed by atoms with Crippen LogP contribution in [-0.4, -0.2) is 13.7 Å². The van der Waals surface area contributed by atoms with Gasteiger partial charge in [0, 0.05) is 10.9 Å². The number of halogens is 2. The largest absolute Gasteiger partial charge is 0.497 e. The Bertz CT molecular complexity index is 1190. The van der Waals surface area contributed by atoms with Crippen molar-refractivity contribution in [1.82, 2.24) is 0 Å². The summed E-state index contributed by atoms with van der Waals surface area (Å²) in [7, 11) is 1.60. The van der Waals surface area contributed by atoms with Crippen molar-refractivity contribution in [3.8, 4) is 34.1 Å². The van der Waals surface area contributed by atoms with Gasteiger partial charge in [0.2, 0.25) is 0 Å². The van der Waals surface area contributed by atoms with Gasteiger partial charge in [-0.15, -0.1) is 0 Å².